The first-order valence-electron chi connectivity index (χ1n) is 4.74. The van der Waals surface area contributed by atoms with Crippen LogP contribution < -0.4 is 4.46 Å². The Morgan fingerprint density at radius 3 is 2.77 bits per heavy atom. The van der Waals surface area contributed by atoms with Gasteiger partial charge in [0, 0.05) is 0 Å². The third-order valence-corrected chi connectivity index (χ3v) is 4.79. The van der Waals surface area contributed by atoms with Crippen LogP contribution in [0.15, 0.2) is 30.3 Å². The number of ether oxygens (including phenoxy) is 1. The van der Waals surface area contributed by atoms with Crippen LogP contribution in [0.2, 0.25) is 4.82 Å². The predicted octanol–water partition coefficient (Wildman–Crippen LogP) is 1.61. The first kappa shape index (κ1) is 9.26. The first-order valence-corrected chi connectivity index (χ1v) is 6.59. The van der Waals surface area contributed by atoms with Crippen molar-refractivity contribution in [1.82, 2.24) is 0 Å². The van der Waals surface area contributed by atoms with Crippen LogP contribution in [0.25, 0.3) is 0 Å². The van der Waals surface area contributed by atoms with Crippen molar-refractivity contribution in [2.75, 3.05) is 13.2 Å². The molecule has 1 heterocycles. The molecule has 1 atom stereocenters. The minimum absolute atomic E-state index is 0.613. The Balaban J connectivity index is 1.90. The molecule has 0 amide bonds. The second-order valence-corrected chi connectivity index (χ2v) is 6.15. The minimum atomic E-state index is 0.613. The van der Waals surface area contributed by atoms with E-state index >= 15 is 0 Å². The summed E-state index contributed by atoms with van der Waals surface area (Å²) >= 11 is 0.613. The first-order chi connectivity index (χ1) is 6.45. The number of benzene rings is 1. The van der Waals surface area contributed by atoms with Gasteiger partial charge in [-0.2, -0.15) is 0 Å². The summed E-state index contributed by atoms with van der Waals surface area (Å²) in [5.74, 6) is 0. The molecule has 0 saturated carbocycles. The molecule has 1 aliphatic rings. The van der Waals surface area contributed by atoms with Gasteiger partial charge >= 0.3 is 85.4 Å². The molecule has 2 rings (SSSR count). The molecule has 0 aliphatic carbocycles. The molecule has 1 nitrogen and oxygen atoms in total. The monoisotopic (exact) mass is 242 g/mol. The molecule has 1 fully saturated rings. The van der Waals surface area contributed by atoms with Gasteiger partial charge in [0.1, 0.15) is 0 Å². The molecular formula is C11H14OSe. The summed E-state index contributed by atoms with van der Waals surface area (Å²) in [4.78, 5) is 0.809. The quantitative estimate of drug-likeness (QED) is 0.715. The van der Waals surface area contributed by atoms with E-state index in [-0.39, 0.29) is 0 Å². The van der Waals surface area contributed by atoms with Crippen molar-refractivity contribution in [1.29, 1.82) is 0 Å². The Hall–Kier alpha value is -0.301. The summed E-state index contributed by atoms with van der Waals surface area (Å²) in [5, 5.41) is 0. The molecule has 70 valence electrons. The normalized spacial score (nSPS) is 22.9. The Morgan fingerprint density at radius 1 is 1.23 bits per heavy atom. The zero-order valence-electron chi connectivity index (χ0n) is 7.61. The maximum absolute atomic E-state index is 5.47. The molecule has 1 unspecified atom stereocenters. The Labute approximate surface area is 85.6 Å². The van der Waals surface area contributed by atoms with Crippen LogP contribution in [0.1, 0.15) is 12.8 Å². The molecule has 1 saturated heterocycles. The van der Waals surface area contributed by atoms with E-state index in [1.165, 1.54) is 17.3 Å². The van der Waals surface area contributed by atoms with Gasteiger partial charge in [-0.3, -0.25) is 0 Å². The zero-order chi connectivity index (χ0) is 8.93. The second kappa shape index (κ2) is 4.80. The number of rotatable bonds is 2. The van der Waals surface area contributed by atoms with E-state index < -0.39 is 0 Å². The summed E-state index contributed by atoms with van der Waals surface area (Å²) in [6, 6.07) is 10.8. The maximum atomic E-state index is 5.47. The number of hydrogen-bond donors (Lipinski definition) is 0. The summed E-state index contributed by atoms with van der Waals surface area (Å²) in [5.41, 5.74) is 0. The van der Waals surface area contributed by atoms with E-state index in [1.54, 1.807) is 0 Å². The van der Waals surface area contributed by atoms with E-state index in [0.717, 1.165) is 18.0 Å². The standard InChI is InChI=1S/C11H14OSe/c1-2-5-10(6-3-1)13-11-7-4-8-12-9-11/h1-3,5-6,11H,4,7-9H2. The van der Waals surface area contributed by atoms with Gasteiger partial charge in [-0.25, -0.2) is 0 Å². The van der Waals surface area contributed by atoms with Crippen LogP contribution in [-0.2, 0) is 4.74 Å². The van der Waals surface area contributed by atoms with Gasteiger partial charge < -0.3 is 0 Å². The van der Waals surface area contributed by atoms with E-state index in [9.17, 15) is 0 Å². The van der Waals surface area contributed by atoms with Crippen LogP contribution in [-0.4, -0.2) is 28.2 Å². The molecule has 1 aromatic rings. The summed E-state index contributed by atoms with van der Waals surface area (Å²) in [6.07, 6.45) is 2.61. The Kier molecular flexibility index (Phi) is 3.42. The topological polar surface area (TPSA) is 9.23 Å². The third-order valence-electron chi connectivity index (χ3n) is 2.16. The molecular weight excluding hydrogens is 227 g/mol. The predicted molar refractivity (Wildman–Crippen MR) is 55.6 cm³/mol. The van der Waals surface area contributed by atoms with Gasteiger partial charge in [-0.1, -0.05) is 0 Å². The summed E-state index contributed by atoms with van der Waals surface area (Å²) in [6.45, 7) is 1.95. The van der Waals surface area contributed by atoms with E-state index in [2.05, 4.69) is 30.3 Å². The fraction of sp³-hybridized carbons (Fsp3) is 0.455. The summed E-state index contributed by atoms with van der Waals surface area (Å²) in [7, 11) is 0. The van der Waals surface area contributed by atoms with Crippen molar-refractivity contribution in [3.63, 3.8) is 0 Å². The SMILES string of the molecule is c1ccc([Se]C2CCCOC2)cc1. The number of hydrogen-bond acceptors (Lipinski definition) is 1. The molecule has 13 heavy (non-hydrogen) atoms. The fourth-order valence-electron chi connectivity index (χ4n) is 1.50. The molecule has 1 aliphatic heterocycles. The third kappa shape index (κ3) is 2.84. The van der Waals surface area contributed by atoms with Crippen molar-refractivity contribution in [3.05, 3.63) is 30.3 Å². The van der Waals surface area contributed by atoms with Crippen molar-refractivity contribution < 1.29 is 4.74 Å². The zero-order valence-corrected chi connectivity index (χ0v) is 9.32. The van der Waals surface area contributed by atoms with Crippen molar-refractivity contribution in [3.8, 4) is 0 Å². The molecule has 0 N–H and O–H groups in total. The van der Waals surface area contributed by atoms with E-state index in [1.807, 2.05) is 0 Å². The van der Waals surface area contributed by atoms with E-state index in [0.29, 0.717) is 15.0 Å². The van der Waals surface area contributed by atoms with Gasteiger partial charge in [0.15, 0.2) is 0 Å². The molecule has 0 bridgehead atoms. The molecule has 0 radical (unpaired) electrons. The van der Waals surface area contributed by atoms with Crippen LogP contribution in [0.5, 0.6) is 0 Å². The van der Waals surface area contributed by atoms with Crippen LogP contribution >= 0.6 is 0 Å². The Bertz CT molecular complexity index is 242. The van der Waals surface area contributed by atoms with Crippen molar-refractivity contribution in [2.24, 2.45) is 0 Å². The van der Waals surface area contributed by atoms with Gasteiger partial charge in [-0.15, -0.1) is 0 Å². The molecule has 0 spiro atoms. The molecule has 1 aromatic carbocycles. The van der Waals surface area contributed by atoms with E-state index in [4.69, 9.17) is 4.74 Å². The van der Waals surface area contributed by atoms with Gasteiger partial charge in [0.2, 0.25) is 0 Å². The van der Waals surface area contributed by atoms with Gasteiger partial charge in [0.25, 0.3) is 0 Å². The van der Waals surface area contributed by atoms with Crippen molar-refractivity contribution >= 4 is 19.4 Å². The second-order valence-electron chi connectivity index (χ2n) is 3.27. The van der Waals surface area contributed by atoms with Gasteiger partial charge in [-0.05, 0) is 0 Å². The van der Waals surface area contributed by atoms with Gasteiger partial charge in [0.05, 0.1) is 0 Å². The van der Waals surface area contributed by atoms with Crippen LogP contribution in [0.4, 0.5) is 0 Å². The average Bonchev–Trinajstić information content (AvgIpc) is 2.21. The molecule has 2 heteroatoms. The van der Waals surface area contributed by atoms with Crippen molar-refractivity contribution in [2.45, 2.75) is 17.7 Å². The Morgan fingerprint density at radius 2 is 2.08 bits per heavy atom. The summed E-state index contributed by atoms with van der Waals surface area (Å²) < 4.78 is 6.98. The fourth-order valence-corrected chi connectivity index (χ4v) is 3.90. The molecule has 0 aromatic heterocycles. The van der Waals surface area contributed by atoms with Crippen LogP contribution in [0, 0.1) is 0 Å². The average molecular weight is 241 g/mol. The van der Waals surface area contributed by atoms with Crippen LogP contribution in [0.3, 0.4) is 0 Å².